The Bertz CT molecular complexity index is 702. The van der Waals surface area contributed by atoms with Gasteiger partial charge in [-0.05, 0) is 48.7 Å². The molecule has 0 saturated heterocycles. The maximum Gasteiger partial charge on any atom is 0.191 e. The highest BCUT2D eigenvalue weighted by molar-refractivity contribution is 5.79. The quantitative estimate of drug-likeness (QED) is 0.597. The Labute approximate surface area is 146 Å². The van der Waals surface area contributed by atoms with Gasteiger partial charge in [-0.15, -0.1) is 0 Å². The van der Waals surface area contributed by atoms with Crippen molar-refractivity contribution < 1.29 is 13.5 Å². The number of nitrogens with zero attached hydrogens (tertiary/aromatic N) is 1. The first kappa shape index (κ1) is 18.7. The second-order valence-corrected chi connectivity index (χ2v) is 5.47. The zero-order valence-electron chi connectivity index (χ0n) is 14.5. The van der Waals surface area contributed by atoms with Crippen molar-refractivity contribution >= 4 is 5.96 Å². The third kappa shape index (κ3) is 6.06. The predicted molar refractivity (Wildman–Crippen MR) is 95.9 cm³/mol. The molecule has 25 heavy (non-hydrogen) atoms. The number of rotatable bonds is 7. The Balaban J connectivity index is 1.91. The van der Waals surface area contributed by atoms with E-state index in [4.69, 9.17) is 4.74 Å². The van der Waals surface area contributed by atoms with E-state index in [1.54, 1.807) is 24.3 Å². The van der Waals surface area contributed by atoms with Crippen molar-refractivity contribution in [1.82, 2.24) is 10.6 Å². The van der Waals surface area contributed by atoms with Crippen LogP contribution in [0.4, 0.5) is 8.78 Å². The molecule has 0 aliphatic heterocycles. The van der Waals surface area contributed by atoms with Crippen LogP contribution in [0.3, 0.4) is 0 Å². The molecule has 0 bridgehead atoms. The summed E-state index contributed by atoms with van der Waals surface area (Å²) in [5, 5.41) is 6.36. The molecule has 0 aromatic heterocycles. The van der Waals surface area contributed by atoms with Crippen LogP contribution >= 0.6 is 0 Å². The molecule has 0 aliphatic carbocycles. The van der Waals surface area contributed by atoms with Gasteiger partial charge in [-0.1, -0.05) is 18.2 Å². The first-order chi connectivity index (χ1) is 12.1. The molecule has 0 unspecified atom stereocenters. The summed E-state index contributed by atoms with van der Waals surface area (Å²) < 4.78 is 31.5. The molecule has 4 nitrogen and oxygen atoms in total. The highest BCUT2D eigenvalue weighted by atomic mass is 19.1. The third-order valence-corrected chi connectivity index (χ3v) is 3.60. The highest BCUT2D eigenvalue weighted by Gasteiger charge is 2.04. The molecule has 2 rings (SSSR count). The van der Waals surface area contributed by atoms with E-state index in [-0.39, 0.29) is 11.6 Å². The fourth-order valence-corrected chi connectivity index (χ4v) is 2.30. The summed E-state index contributed by atoms with van der Waals surface area (Å²) in [6.45, 7) is 3.71. The molecule has 0 amide bonds. The van der Waals surface area contributed by atoms with Crippen LogP contribution in [0.15, 0.2) is 47.5 Å². The van der Waals surface area contributed by atoms with Crippen LogP contribution in [-0.4, -0.2) is 26.2 Å². The van der Waals surface area contributed by atoms with Crippen molar-refractivity contribution in [2.24, 2.45) is 4.99 Å². The zero-order chi connectivity index (χ0) is 18.1. The summed E-state index contributed by atoms with van der Waals surface area (Å²) in [4.78, 5) is 4.45. The number of guanidine groups is 1. The molecule has 2 aromatic rings. The van der Waals surface area contributed by atoms with Crippen molar-refractivity contribution in [3.8, 4) is 5.75 Å². The number of aliphatic imine (C=N–C) groups is 1. The van der Waals surface area contributed by atoms with Gasteiger partial charge in [-0.25, -0.2) is 13.8 Å². The second kappa shape index (κ2) is 9.61. The minimum Gasteiger partial charge on any atom is -0.494 e. The Morgan fingerprint density at radius 1 is 1.04 bits per heavy atom. The summed E-state index contributed by atoms with van der Waals surface area (Å²) in [6.07, 6.45) is 0.752. The van der Waals surface area contributed by atoms with E-state index in [9.17, 15) is 8.78 Å². The minimum absolute atomic E-state index is 0.219. The van der Waals surface area contributed by atoms with E-state index < -0.39 is 5.82 Å². The Kier molecular flexibility index (Phi) is 7.19. The average Bonchev–Trinajstić information content (AvgIpc) is 2.61. The lowest BCUT2D eigenvalue weighted by molar-refractivity contribution is 0.386. The molecule has 2 aromatic carbocycles. The Morgan fingerprint density at radius 3 is 2.40 bits per heavy atom. The maximum absolute atomic E-state index is 13.7. The number of methoxy groups -OCH3 is 1. The fourth-order valence-electron chi connectivity index (χ4n) is 2.30. The van der Waals surface area contributed by atoms with Crippen LogP contribution in [-0.2, 0) is 13.0 Å². The van der Waals surface area contributed by atoms with Gasteiger partial charge >= 0.3 is 0 Å². The summed E-state index contributed by atoms with van der Waals surface area (Å²) >= 11 is 0. The molecule has 0 radical (unpaired) electrons. The van der Waals surface area contributed by atoms with Crippen molar-refractivity contribution in [2.75, 3.05) is 20.2 Å². The Hall–Kier alpha value is -2.63. The van der Waals surface area contributed by atoms with E-state index in [0.717, 1.165) is 24.1 Å². The lowest BCUT2D eigenvalue weighted by Gasteiger charge is -2.11. The zero-order valence-corrected chi connectivity index (χ0v) is 14.5. The highest BCUT2D eigenvalue weighted by Crippen LogP contribution is 2.18. The molecule has 2 N–H and O–H groups in total. The smallest absolute Gasteiger partial charge is 0.191 e. The fraction of sp³-hybridized carbons (Fsp3) is 0.316. The van der Waals surface area contributed by atoms with Gasteiger partial charge in [0.05, 0.1) is 13.7 Å². The van der Waals surface area contributed by atoms with Gasteiger partial charge in [0.2, 0.25) is 0 Å². The SMILES string of the molecule is CCNC(=NCc1ccc(OC)c(F)c1)NCCc1ccc(F)cc1. The monoisotopic (exact) mass is 347 g/mol. The number of hydrogen-bond donors (Lipinski definition) is 2. The second-order valence-electron chi connectivity index (χ2n) is 5.47. The molecular weight excluding hydrogens is 324 g/mol. The van der Waals surface area contributed by atoms with Crippen LogP contribution in [0.2, 0.25) is 0 Å². The largest absolute Gasteiger partial charge is 0.494 e. The van der Waals surface area contributed by atoms with Gasteiger partial charge in [0.1, 0.15) is 5.82 Å². The van der Waals surface area contributed by atoms with Gasteiger partial charge in [0.15, 0.2) is 17.5 Å². The lowest BCUT2D eigenvalue weighted by Crippen LogP contribution is -2.38. The molecular formula is C19H23F2N3O. The molecule has 0 fully saturated rings. The lowest BCUT2D eigenvalue weighted by atomic mass is 10.1. The normalized spacial score (nSPS) is 11.3. The first-order valence-corrected chi connectivity index (χ1v) is 8.21. The van der Waals surface area contributed by atoms with E-state index in [1.165, 1.54) is 25.3 Å². The van der Waals surface area contributed by atoms with Crippen molar-refractivity contribution in [3.63, 3.8) is 0 Å². The molecule has 0 saturated carbocycles. The number of ether oxygens (including phenoxy) is 1. The van der Waals surface area contributed by atoms with Crippen molar-refractivity contribution in [1.29, 1.82) is 0 Å². The molecule has 0 aliphatic rings. The number of benzene rings is 2. The summed E-state index contributed by atoms with van der Waals surface area (Å²) in [7, 11) is 1.44. The van der Waals surface area contributed by atoms with Crippen LogP contribution in [0.25, 0.3) is 0 Å². The summed E-state index contributed by atoms with van der Waals surface area (Å²) in [5.41, 5.74) is 1.80. The maximum atomic E-state index is 13.7. The van der Waals surface area contributed by atoms with E-state index >= 15 is 0 Å². The van der Waals surface area contributed by atoms with E-state index in [2.05, 4.69) is 15.6 Å². The molecule has 6 heteroatoms. The number of halogens is 2. The first-order valence-electron chi connectivity index (χ1n) is 8.21. The van der Waals surface area contributed by atoms with Gasteiger partial charge in [-0.2, -0.15) is 0 Å². The van der Waals surface area contributed by atoms with Crippen LogP contribution < -0.4 is 15.4 Å². The molecule has 0 atom stereocenters. The predicted octanol–water partition coefficient (Wildman–Crippen LogP) is 3.27. The molecule has 0 spiro atoms. The Morgan fingerprint density at radius 2 is 1.76 bits per heavy atom. The standard InChI is InChI=1S/C19H23F2N3O/c1-3-22-19(23-11-10-14-4-7-16(20)8-5-14)24-13-15-6-9-18(25-2)17(21)12-15/h4-9,12H,3,10-11,13H2,1-2H3,(H2,22,23,24). The van der Waals surface area contributed by atoms with Gasteiger partial charge in [0, 0.05) is 13.1 Å². The van der Waals surface area contributed by atoms with Crippen LogP contribution in [0.1, 0.15) is 18.1 Å². The molecule has 134 valence electrons. The van der Waals surface area contributed by atoms with E-state index in [0.29, 0.717) is 19.0 Å². The van der Waals surface area contributed by atoms with E-state index in [1.807, 2.05) is 6.92 Å². The average molecular weight is 347 g/mol. The topological polar surface area (TPSA) is 45.7 Å². The van der Waals surface area contributed by atoms with Gasteiger partial charge < -0.3 is 15.4 Å². The number of hydrogen-bond acceptors (Lipinski definition) is 2. The minimum atomic E-state index is -0.399. The van der Waals surface area contributed by atoms with Gasteiger partial charge in [-0.3, -0.25) is 0 Å². The van der Waals surface area contributed by atoms with Gasteiger partial charge in [0.25, 0.3) is 0 Å². The summed E-state index contributed by atoms with van der Waals surface area (Å²) in [6, 6.07) is 11.2. The number of nitrogens with one attached hydrogen (secondary N) is 2. The van der Waals surface area contributed by atoms with Crippen molar-refractivity contribution in [3.05, 3.63) is 65.2 Å². The van der Waals surface area contributed by atoms with Crippen LogP contribution in [0, 0.1) is 11.6 Å². The molecule has 0 heterocycles. The van der Waals surface area contributed by atoms with Crippen LogP contribution in [0.5, 0.6) is 5.75 Å². The summed E-state index contributed by atoms with van der Waals surface area (Å²) in [5.74, 6) is 0.237. The van der Waals surface area contributed by atoms with Crippen molar-refractivity contribution in [2.45, 2.75) is 19.9 Å². The third-order valence-electron chi connectivity index (χ3n) is 3.60.